The molecule has 0 aliphatic rings. The minimum atomic E-state index is 0.690. The summed E-state index contributed by atoms with van der Waals surface area (Å²) in [5, 5.41) is 4.73. The van der Waals surface area contributed by atoms with Gasteiger partial charge in [0.1, 0.15) is 5.65 Å². The smallest absolute Gasteiger partial charge is 0.183 e. The maximum Gasteiger partial charge on any atom is 0.183 e. The number of pyridine rings is 1. The van der Waals surface area contributed by atoms with E-state index in [2.05, 4.69) is 15.1 Å². The highest BCUT2D eigenvalue weighted by Gasteiger charge is 2.09. The normalized spacial score (nSPS) is 11.1. The van der Waals surface area contributed by atoms with Gasteiger partial charge in [0.05, 0.1) is 11.4 Å². The highest BCUT2D eigenvalue weighted by Crippen LogP contribution is 2.26. The molecule has 5 nitrogen and oxygen atoms in total. The van der Waals surface area contributed by atoms with E-state index in [1.165, 1.54) is 0 Å². The predicted molar refractivity (Wildman–Crippen MR) is 60.7 cm³/mol. The maximum atomic E-state index is 5.85. The van der Waals surface area contributed by atoms with Crippen molar-refractivity contribution in [3.63, 3.8) is 0 Å². The monoisotopic (exact) mass is 214 g/mol. The van der Waals surface area contributed by atoms with Crippen molar-refractivity contribution in [2.75, 3.05) is 5.73 Å². The van der Waals surface area contributed by atoms with E-state index in [0.29, 0.717) is 11.4 Å². The molecule has 3 aromatic heterocycles. The zero-order valence-corrected chi connectivity index (χ0v) is 8.69. The van der Waals surface area contributed by atoms with E-state index in [-0.39, 0.29) is 0 Å². The largest absolute Gasteiger partial charge is 0.398 e. The van der Waals surface area contributed by atoms with Crippen molar-refractivity contribution in [1.82, 2.24) is 15.1 Å². The summed E-state index contributed by atoms with van der Waals surface area (Å²) in [6.45, 7) is 1.88. The molecule has 0 saturated carbocycles. The van der Waals surface area contributed by atoms with E-state index in [4.69, 9.17) is 10.3 Å². The van der Waals surface area contributed by atoms with Crippen molar-refractivity contribution in [1.29, 1.82) is 0 Å². The van der Waals surface area contributed by atoms with Crippen LogP contribution in [0.15, 0.2) is 28.9 Å². The van der Waals surface area contributed by atoms with Crippen molar-refractivity contribution in [3.8, 4) is 11.5 Å². The van der Waals surface area contributed by atoms with Crippen LogP contribution in [0.5, 0.6) is 0 Å². The zero-order chi connectivity index (χ0) is 11.1. The van der Waals surface area contributed by atoms with Crippen LogP contribution in [0.3, 0.4) is 0 Å². The van der Waals surface area contributed by atoms with Crippen molar-refractivity contribution >= 4 is 16.7 Å². The number of nitrogen functional groups attached to an aromatic ring is 1. The van der Waals surface area contributed by atoms with Gasteiger partial charge in [-0.2, -0.15) is 0 Å². The number of rotatable bonds is 1. The average Bonchev–Trinajstić information content (AvgIpc) is 2.84. The van der Waals surface area contributed by atoms with Gasteiger partial charge in [-0.3, -0.25) is 0 Å². The van der Waals surface area contributed by atoms with Crippen LogP contribution < -0.4 is 5.73 Å². The summed E-state index contributed by atoms with van der Waals surface area (Å²) in [6, 6.07) is 5.55. The molecule has 0 bridgehead atoms. The fourth-order valence-electron chi connectivity index (χ4n) is 1.67. The van der Waals surface area contributed by atoms with Crippen LogP contribution >= 0.6 is 0 Å². The van der Waals surface area contributed by atoms with Gasteiger partial charge in [-0.15, -0.1) is 0 Å². The Morgan fingerprint density at radius 3 is 2.94 bits per heavy atom. The van der Waals surface area contributed by atoms with Crippen molar-refractivity contribution in [2.24, 2.45) is 0 Å². The molecule has 16 heavy (non-hydrogen) atoms. The van der Waals surface area contributed by atoms with Crippen molar-refractivity contribution in [3.05, 3.63) is 30.1 Å². The third-order valence-electron chi connectivity index (χ3n) is 2.46. The second-order valence-electron chi connectivity index (χ2n) is 3.68. The summed E-state index contributed by atoms with van der Waals surface area (Å²) in [5.41, 5.74) is 8.97. The molecular weight excluding hydrogens is 204 g/mol. The molecule has 80 valence electrons. The first-order chi connectivity index (χ1) is 7.74. The second kappa shape index (κ2) is 3.10. The molecule has 0 aliphatic heterocycles. The van der Waals surface area contributed by atoms with Crippen LogP contribution in [0.4, 0.5) is 5.69 Å². The number of nitrogens with zero attached hydrogens (tertiary/aromatic N) is 2. The topological polar surface area (TPSA) is 80.7 Å². The standard InChI is InChI=1S/C11H10N4O/c1-6-4-10(16-15-6)9-5-7-8(12)2-3-13-11(7)14-9/h2-5H,1H3,(H3,12,13,14). The Balaban J connectivity index is 2.22. The number of hydrogen-bond acceptors (Lipinski definition) is 4. The van der Waals surface area contributed by atoms with Gasteiger partial charge in [0, 0.05) is 23.3 Å². The molecular formula is C11H10N4O. The Hall–Kier alpha value is -2.30. The van der Waals surface area contributed by atoms with E-state index in [1.807, 2.05) is 19.1 Å². The third kappa shape index (κ3) is 1.25. The molecule has 3 heterocycles. The average molecular weight is 214 g/mol. The number of nitrogens with one attached hydrogen (secondary N) is 1. The number of aromatic amines is 1. The number of H-pyrrole nitrogens is 1. The lowest BCUT2D eigenvalue weighted by Gasteiger charge is -1.91. The Bertz CT molecular complexity index is 653. The van der Waals surface area contributed by atoms with Crippen LogP contribution in [0.1, 0.15) is 5.69 Å². The molecule has 0 fully saturated rings. The fraction of sp³-hybridized carbons (Fsp3) is 0.0909. The Labute approximate surface area is 91.3 Å². The molecule has 0 spiro atoms. The number of aryl methyl sites for hydroxylation is 1. The van der Waals surface area contributed by atoms with Crippen LogP contribution in [0, 0.1) is 6.92 Å². The minimum absolute atomic E-state index is 0.690. The Morgan fingerprint density at radius 2 is 2.25 bits per heavy atom. The van der Waals surface area contributed by atoms with E-state index in [9.17, 15) is 0 Å². The third-order valence-corrected chi connectivity index (χ3v) is 2.46. The van der Waals surface area contributed by atoms with Gasteiger partial charge in [-0.25, -0.2) is 4.98 Å². The Morgan fingerprint density at radius 1 is 1.38 bits per heavy atom. The molecule has 0 unspecified atom stereocenters. The molecule has 3 rings (SSSR count). The highest BCUT2D eigenvalue weighted by molar-refractivity contribution is 5.91. The summed E-state index contributed by atoms with van der Waals surface area (Å²) in [4.78, 5) is 7.34. The van der Waals surface area contributed by atoms with Crippen LogP contribution in [0.2, 0.25) is 0 Å². The van der Waals surface area contributed by atoms with Crippen LogP contribution in [-0.4, -0.2) is 15.1 Å². The first-order valence-electron chi connectivity index (χ1n) is 4.91. The lowest BCUT2D eigenvalue weighted by molar-refractivity contribution is 0.426. The molecule has 5 heteroatoms. The maximum absolute atomic E-state index is 5.85. The lowest BCUT2D eigenvalue weighted by atomic mass is 10.2. The van der Waals surface area contributed by atoms with Gasteiger partial charge in [-0.1, -0.05) is 5.16 Å². The van der Waals surface area contributed by atoms with E-state index in [0.717, 1.165) is 22.4 Å². The summed E-state index contributed by atoms with van der Waals surface area (Å²) >= 11 is 0. The lowest BCUT2D eigenvalue weighted by Crippen LogP contribution is -1.85. The van der Waals surface area contributed by atoms with Gasteiger partial charge in [0.25, 0.3) is 0 Å². The van der Waals surface area contributed by atoms with E-state index < -0.39 is 0 Å². The Kier molecular flexibility index (Phi) is 1.73. The van der Waals surface area contributed by atoms with E-state index in [1.54, 1.807) is 12.3 Å². The van der Waals surface area contributed by atoms with Gasteiger partial charge in [-0.05, 0) is 19.1 Å². The van der Waals surface area contributed by atoms with Crippen molar-refractivity contribution in [2.45, 2.75) is 6.92 Å². The van der Waals surface area contributed by atoms with Crippen LogP contribution in [0.25, 0.3) is 22.5 Å². The zero-order valence-electron chi connectivity index (χ0n) is 8.69. The predicted octanol–water partition coefficient (Wildman–Crippen LogP) is 2.11. The second-order valence-corrected chi connectivity index (χ2v) is 3.68. The summed E-state index contributed by atoms with van der Waals surface area (Å²) in [6.07, 6.45) is 1.67. The highest BCUT2D eigenvalue weighted by atomic mass is 16.5. The van der Waals surface area contributed by atoms with Gasteiger partial charge in [0.2, 0.25) is 0 Å². The molecule has 0 amide bonds. The number of hydrogen-bond donors (Lipinski definition) is 2. The molecule has 3 aromatic rings. The summed E-state index contributed by atoms with van der Waals surface area (Å²) in [5.74, 6) is 0.690. The molecule has 0 radical (unpaired) electrons. The summed E-state index contributed by atoms with van der Waals surface area (Å²) < 4.78 is 5.17. The molecule has 0 aromatic carbocycles. The first kappa shape index (κ1) is 8.96. The molecule has 0 saturated heterocycles. The number of anilines is 1. The van der Waals surface area contributed by atoms with Gasteiger partial charge in [0.15, 0.2) is 5.76 Å². The summed E-state index contributed by atoms with van der Waals surface area (Å²) in [7, 11) is 0. The van der Waals surface area contributed by atoms with Crippen molar-refractivity contribution < 1.29 is 4.52 Å². The number of aromatic nitrogens is 3. The number of fused-ring (bicyclic) bond motifs is 1. The molecule has 0 atom stereocenters. The van der Waals surface area contributed by atoms with Gasteiger partial charge >= 0.3 is 0 Å². The van der Waals surface area contributed by atoms with Crippen LogP contribution in [-0.2, 0) is 0 Å². The first-order valence-corrected chi connectivity index (χ1v) is 4.91. The van der Waals surface area contributed by atoms with Gasteiger partial charge < -0.3 is 15.2 Å². The SMILES string of the molecule is Cc1cc(-c2cc3c(N)ccnc3[nH]2)on1. The quantitative estimate of drug-likeness (QED) is 0.650. The van der Waals surface area contributed by atoms with E-state index >= 15 is 0 Å². The number of nitrogens with two attached hydrogens (primary N) is 1. The fourth-order valence-corrected chi connectivity index (χ4v) is 1.67. The minimum Gasteiger partial charge on any atom is -0.398 e. The molecule has 0 aliphatic carbocycles. The molecule has 3 N–H and O–H groups in total.